The molecule has 0 radical (unpaired) electrons. The number of nitrogens with zero attached hydrogens (tertiary/aromatic N) is 1. The predicted molar refractivity (Wildman–Crippen MR) is 135 cm³/mol. The summed E-state index contributed by atoms with van der Waals surface area (Å²) in [5, 5.41) is 7.23. The van der Waals surface area contributed by atoms with Gasteiger partial charge in [-0.2, -0.15) is 0 Å². The lowest BCUT2D eigenvalue weighted by molar-refractivity contribution is -0.143. The van der Waals surface area contributed by atoms with Crippen molar-refractivity contribution in [3.8, 4) is 0 Å². The summed E-state index contributed by atoms with van der Waals surface area (Å²) in [7, 11) is 0. The first-order chi connectivity index (χ1) is 18.0. The quantitative estimate of drug-likeness (QED) is 0.379. The summed E-state index contributed by atoms with van der Waals surface area (Å²) in [6.45, 7) is 0.124. The molecule has 4 atom stereocenters. The van der Waals surface area contributed by atoms with Crippen molar-refractivity contribution in [3.05, 3.63) is 102 Å². The van der Waals surface area contributed by atoms with Gasteiger partial charge < -0.3 is 10.3 Å². The van der Waals surface area contributed by atoms with Crippen molar-refractivity contribution >= 4 is 34.3 Å². The molecule has 3 aromatic carbocycles. The number of likely N-dealkylation sites (tertiary alicyclic amines) is 1. The zero-order valence-electron chi connectivity index (χ0n) is 19.7. The van der Waals surface area contributed by atoms with E-state index >= 15 is 0 Å². The third-order valence-corrected chi connectivity index (χ3v) is 8.07. The Balaban J connectivity index is 1.35. The number of halogens is 1. The third kappa shape index (κ3) is 3.05. The van der Waals surface area contributed by atoms with Gasteiger partial charge in [-0.3, -0.25) is 24.6 Å². The number of aromatic amines is 1. The van der Waals surface area contributed by atoms with E-state index in [2.05, 4.69) is 15.6 Å². The number of imide groups is 1. The van der Waals surface area contributed by atoms with Crippen LogP contribution in [-0.2, 0) is 32.9 Å². The average molecular weight is 495 g/mol. The Morgan fingerprint density at radius 1 is 0.919 bits per heavy atom. The molecule has 0 aliphatic carbocycles. The number of anilines is 1. The molecule has 3 aliphatic rings. The fourth-order valence-electron chi connectivity index (χ4n) is 6.47. The van der Waals surface area contributed by atoms with Gasteiger partial charge in [0.1, 0.15) is 11.4 Å². The lowest BCUT2D eigenvalue weighted by atomic mass is 9.76. The van der Waals surface area contributed by atoms with Crippen LogP contribution in [0.3, 0.4) is 0 Å². The van der Waals surface area contributed by atoms with Crippen LogP contribution in [0.4, 0.5) is 10.1 Å². The first-order valence-electron chi connectivity index (χ1n) is 12.3. The highest BCUT2D eigenvalue weighted by molar-refractivity contribution is 6.15. The maximum Gasteiger partial charge on any atom is 0.250 e. The van der Waals surface area contributed by atoms with Crippen molar-refractivity contribution in [2.75, 3.05) is 5.32 Å². The minimum absolute atomic E-state index is 0.124. The van der Waals surface area contributed by atoms with Gasteiger partial charge in [0.25, 0.3) is 0 Å². The van der Waals surface area contributed by atoms with Crippen LogP contribution in [0, 0.1) is 17.7 Å². The van der Waals surface area contributed by atoms with Crippen LogP contribution >= 0.6 is 0 Å². The van der Waals surface area contributed by atoms with E-state index in [-0.39, 0.29) is 12.5 Å². The fraction of sp³-hybridized carbons (Fsp3) is 0.207. The van der Waals surface area contributed by atoms with E-state index in [4.69, 9.17) is 0 Å². The monoisotopic (exact) mass is 494 g/mol. The smallest absolute Gasteiger partial charge is 0.250 e. The van der Waals surface area contributed by atoms with Gasteiger partial charge >= 0.3 is 0 Å². The molecule has 3 N–H and O–H groups in total. The molecule has 184 valence electrons. The summed E-state index contributed by atoms with van der Waals surface area (Å²) in [4.78, 5) is 46.0. The molecule has 7 nitrogen and oxygen atoms in total. The first-order valence-corrected chi connectivity index (χ1v) is 12.3. The minimum Gasteiger partial charge on any atom is -0.361 e. The van der Waals surface area contributed by atoms with Crippen LogP contribution in [0.5, 0.6) is 0 Å². The second-order valence-electron chi connectivity index (χ2n) is 10.0. The Bertz CT molecular complexity index is 1600. The molecule has 8 heteroatoms. The van der Waals surface area contributed by atoms with E-state index in [9.17, 15) is 18.8 Å². The standard InChI is InChI=1S/C29H23FN4O3/c30-18-10-11-22-20(13-18)29(28(37)32-22)25-24(26(35)34(27(25)36)15-16-6-2-1-3-7-16)23(33-29)12-17-14-31-21-9-5-4-8-19(17)21/h1-11,13-14,23-25,31,33H,12,15H2,(H,32,37)/t23-,24+,25-,29+/m0/s1. The van der Waals surface area contributed by atoms with Gasteiger partial charge in [-0.15, -0.1) is 0 Å². The van der Waals surface area contributed by atoms with Crippen molar-refractivity contribution in [2.24, 2.45) is 11.8 Å². The van der Waals surface area contributed by atoms with Crippen molar-refractivity contribution in [3.63, 3.8) is 0 Å². The maximum atomic E-state index is 14.5. The Morgan fingerprint density at radius 2 is 1.70 bits per heavy atom. The first kappa shape index (κ1) is 21.9. The van der Waals surface area contributed by atoms with E-state index in [1.54, 1.807) is 0 Å². The number of hydrogen-bond donors (Lipinski definition) is 3. The molecule has 1 aromatic heterocycles. The second-order valence-corrected chi connectivity index (χ2v) is 10.0. The van der Waals surface area contributed by atoms with E-state index in [1.807, 2.05) is 60.8 Å². The lowest BCUT2D eigenvalue weighted by Gasteiger charge is -2.29. The highest BCUT2D eigenvalue weighted by atomic mass is 19.1. The SMILES string of the molecule is O=C1[C@@H]2[C@H](Cc3c[nH]c4ccccc34)N[C@@]3(C(=O)Nc4ccc(F)cc43)[C@@H]2C(=O)N1Cc1ccccc1. The van der Waals surface area contributed by atoms with Gasteiger partial charge in [0.2, 0.25) is 17.7 Å². The molecule has 0 unspecified atom stereocenters. The van der Waals surface area contributed by atoms with Crippen LogP contribution in [0.1, 0.15) is 16.7 Å². The highest BCUT2D eigenvalue weighted by Crippen LogP contribution is 2.53. The van der Waals surface area contributed by atoms with Gasteiger partial charge in [0.05, 0.1) is 18.4 Å². The number of aromatic nitrogens is 1. The topological polar surface area (TPSA) is 94.3 Å². The second kappa shape index (κ2) is 7.85. The molecule has 0 saturated carbocycles. The molecule has 4 heterocycles. The number of nitrogens with one attached hydrogen (secondary N) is 3. The molecule has 7 rings (SSSR count). The van der Waals surface area contributed by atoms with E-state index in [0.29, 0.717) is 17.7 Å². The molecule has 4 aromatic rings. The summed E-state index contributed by atoms with van der Waals surface area (Å²) in [5.74, 6) is -3.43. The van der Waals surface area contributed by atoms with Crippen molar-refractivity contribution < 1.29 is 18.8 Å². The largest absolute Gasteiger partial charge is 0.361 e. The van der Waals surface area contributed by atoms with Crippen LogP contribution in [-0.4, -0.2) is 33.6 Å². The number of amides is 3. The van der Waals surface area contributed by atoms with Gasteiger partial charge in [0.15, 0.2) is 0 Å². The van der Waals surface area contributed by atoms with Crippen LogP contribution in [0.15, 0.2) is 79.0 Å². The lowest BCUT2D eigenvalue weighted by Crippen LogP contribution is -2.53. The zero-order chi connectivity index (χ0) is 25.3. The number of fused-ring (bicyclic) bond motifs is 5. The summed E-state index contributed by atoms with van der Waals surface area (Å²) in [5.41, 5.74) is 2.05. The summed E-state index contributed by atoms with van der Waals surface area (Å²) in [6, 6.07) is 20.7. The fourth-order valence-corrected chi connectivity index (χ4v) is 6.47. The van der Waals surface area contributed by atoms with E-state index in [0.717, 1.165) is 22.0 Å². The average Bonchev–Trinajstić information content (AvgIpc) is 3.61. The van der Waals surface area contributed by atoms with Crippen LogP contribution < -0.4 is 10.6 Å². The van der Waals surface area contributed by atoms with Gasteiger partial charge in [-0.25, -0.2) is 4.39 Å². The molecule has 37 heavy (non-hydrogen) atoms. The number of carbonyl (C=O) groups excluding carboxylic acids is 3. The molecule has 3 amide bonds. The van der Waals surface area contributed by atoms with E-state index < -0.39 is 41.0 Å². The van der Waals surface area contributed by atoms with Gasteiger partial charge in [-0.05, 0) is 41.8 Å². The number of benzene rings is 3. The molecular weight excluding hydrogens is 471 g/mol. The molecule has 1 spiro atoms. The molecule has 2 fully saturated rings. The van der Waals surface area contributed by atoms with E-state index in [1.165, 1.54) is 23.1 Å². The number of rotatable bonds is 4. The van der Waals surface area contributed by atoms with Crippen LogP contribution in [0.2, 0.25) is 0 Å². The Morgan fingerprint density at radius 3 is 2.54 bits per heavy atom. The minimum atomic E-state index is -1.53. The van der Waals surface area contributed by atoms with Gasteiger partial charge in [0, 0.05) is 34.4 Å². The Labute approximate surface area is 211 Å². The highest BCUT2D eigenvalue weighted by Gasteiger charge is 2.70. The number of hydrogen-bond acceptors (Lipinski definition) is 4. The van der Waals surface area contributed by atoms with Crippen molar-refractivity contribution in [2.45, 2.75) is 24.5 Å². The third-order valence-electron chi connectivity index (χ3n) is 8.07. The molecular formula is C29H23FN4O3. The summed E-state index contributed by atoms with van der Waals surface area (Å²) in [6.07, 6.45) is 2.32. The van der Waals surface area contributed by atoms with Crippen molar-refractivity contribution in [1.29, 1.82) is 0 Å². The van der Waals surface area contributed by atoms with Gasteiger partial charge in [-0.1, -0.05) is 48.5 Å². The number of carbonyl (C=O) groups is 3. The number of H-pyrrole nitrogens is 1. The molecule has 3 aliphatic heterocycles. The van der Waals surface area contributed by atoms with Crippen LogP contribution in [0.25, 0.3) is 10.9 Å². The Kier molecular flexibility index (Phi) is 4.65. The summed E-state index contributed by atoms with van der Waals surface area (Å²) >= 11 is 0. The predicted octanol–water partition coefficient (Wildman–Crippen LogP) is 3.47. The normalized spacial score (nSPS) is 26.2. The molecule has 2 saturated heterocycles. The zero-order valence-corrected chi connectivity index (χ0v) is 19.7. The summed E-state index contributed by atoms with van der Waals surface area (Å²) < 4.78 is 14.5. The molecule has 0 bridgehead atoms. The number of para-hydroxylation sites is 1. The van der Waals surface area contributed by atoms with Crippen molar-refractivity contribution in [1.82, 2.24) is 15.2 Å². The Hall–Kier alpha value is -4.30. The maximum absolute atomic E-state index is 14.5.